The van der Waals surface area contributed by atoms with Crippen molar-refractivity contribution in [2.75, 3.05) is 13.2 Å². The van der Waals surface area contributed by atoms with Gasteiger partial charge in [0.2, 0.25) is 5.22 Å². The highest BCUT2D eigenvalue weighted by Crippen LogP contribution is 2.16. The number of rotatable bonds is 5. The Bertz CT molecular complexity index is 280. The molecule has 0 radical (unpaired) electrons. The number of hydrogen-bond acceptors (Lipinski definition) is 3. The topological polar surface area (TPSA) is 39.4 Å². The molecule has 0 atom stereocenters. The highest BCUT2D eigenvalue weighted by Gasteiger charge is 2.12. The summed E-state index contributed by atoms with van der Waals surface area (Å²) in [5.74, 6) is -0.146. The lowest BCUT2D eigenvalue weighted by atomic mass is 10.2. The Kier molecular flexibility index (Phi) is 3.99. The molecule has 13 heavy (non-hydrogen) atoms. The highest BCUT2D eigenvalue weighted by atomic mass is 35.5. The summed E-state index contributed by atoms with van der Waals surface area (Å²) in [4.78, 5) is 11.3. The molecule has 72 valence electrons. The predicted molar refractivity (Wildman–Crippen MR) is 49.2 cm³/mol. The second-order valence-electron chi connectivity index (χ2n) is 2.58. The van der Waals surface area contributed by atoms with Gasteiger partial charge in [0.25, 0.3) is 0 Å². The van der Waals surface area contributed by atoms with Gasteiger partial charge in [-0.25, -0.2) is 0 Å². The third-order valence-electron chi connectivity index (χ3n) is 1.50. The first-order valence-corrected chi connectivity index (χ1v) is 4.47. The summed E-state index contributed by atoms with van der Waals surface area (Å²) in [5.41, 5.74) is 0.387. The Morgan fingerprint density at radius 2 is 2.46 bits per heavy atom. The molecular formula is C9H11ClO3. The Labute approximate surface area is 81.6 Å². The van der Waals surface area contributed by atoms with Crippen LogP contribution in [0, 0.1) is 0 Å². The fraction of sp³-hybridized carbons (Fsp3) is 0.444. The normalized spacial score (nSPS) is 10.3. The number of ether oxygens (including phenoxy) is 1. The molecule has 0 spiro atoms. The number of furan rings is 1. The van der Waals surface area contributed by atoms with Crippen molar-refractivity contribution in [3.63, 3.8) is 0 Å². The molecule has 0 aliphatic rings. The monoisotopic (exact) mass is 202 g/mol. The molecule has 1 aromatic rings. The van der Waals surface area contributed by atoms with Crippen molar-refractivity contribution in [1.29, 1.82) is 0 Å². The van der Waals surface area contributed by atoms with Crippen molar-refractivity contribution < 1.29 is 13.9 Å². The first-order chi connectivity index (χ1) is 6.25. The number of ketones is 1. The van der Waals surface area contributed by atoms with Crippen LogP contribution in [0.25, 0.3) is 0 Å². The van der Waals surface area contributed by atoms with E-state index in [0.717, 1.165) is 6.42 Å². The van der Waals surface area contributed by atoms with Gasteiger partial charge in [-0.3, -0.25) is 4.79 Å². The van der Waals surface area contributed by atoms with E-state index in [4.69, 9.17) is 20.8 Å². The van der Waals surface area contributed by atoms with E-state index in [0.29, 0.717) is 12.2 Å². The minimum atomic E-state index is -0.146. The Hall–Kier alpha value is -0.800. The maximum absolute atomic E-state index is 11.3. The maximum atomic E-state index is 11.3. The molecule has 1 heterocycles. The van der Waals surface area contributed by atoms with Crippen LogP contribution in [0.15, 0.2) is 16.7 Å². The minimum absolute atomic E-state index is 0.0626. The van der Waals surface area contributed by atoms with E-state index in [1.54, 1.807) is 6.07 Å². The number of carbonyl (C=O) groups excluding carboxylic acids is 1. The van der Waals surface area contributed by atoms with Crippen LogP contribution < -0.4 is 0 Å². The SMILES string of the molecule is CCCOCC(=O)c1ccoc1Cl. The zero-order valence-electron chi connectivity index (χ0n) is 7.38. The highest BCUT2D eigenvalue weighted by molar-refractivity contribution is 6.32. The zero-order chi connectivity index (χ0) is 9.68. The third kappa shape index (κ3) is 2.86. The van der Waals surface area contributed by atoms with Gasteiger partial charge in [0.15, 0.2) is 5.78 Å². The van der Waals surface area contributed by atoms with Crippen molar-refractivity contribution in [2.45, 2.75) is 13.3 Å². The Balaban J connectivity index is 2.45. The summed E-state index contributed by atoms with van der Waals surface area (Å²) in [5, 5.41) is 0.130. The van der Waals surface area contributed by atoms with E-state index in [2.05, 4.69) is 0 Å². The maximum Gasteiger partial charge on any atom is 0.203 e. The second kappa shape index (κ2) is 5.04. The molecule has 0 saturated carbocycles. The fourth-order valence-corrected chi connectivity index (χ4v) is 1.10. The van der Waals surface area contributed by atoms with E-state index in [1.165, 1.54) is 6.26 Å². The molecule has 0 aliphatic heterocycles. The van der Waals surface area contributed by atoms with Crippen LogP contribution in [0.3, 0.4) is 0 Å². The number of halogens is 1. The zero-order valence-corrected chi connectivity index (χ0v) is 8.13. The third-order valence-corrected chi connectivity index (χ3v) is 1.79. The molecule has 0 bridgehead atoms. The summed E-state index contributed by atoms with van der Waals surface area (Å²) < 4.78 is 9.85. The van der Waals surface area contributed by atoms with Gasteiger partial charge in [-0.15, -0.1) is 0 Å². The van der Waals surface area contributed by atoms with Crippen LogP contribution in [0.5, 0.6) is 0 Å². The number of hydrogen-bond donors (Lipinski definition) is 0. The van der Waals surface area contributed by atoms with Crippen LogP contribution in [-0.2, 0) is 4.74 Å². The summed E-state index contributed by atoms with van der Waals surface area (Å²) in [6, 6.07) is 1.54. The van der Waals surface area contributed by atoms with Gasteiger partial charge in [0, 0.05) is 6.61 Å². The van der Waals surface area contributed by atoms with Gasteiger partial charge in [-0.1, -0.05) is 6.92 Å². The van der Waals surface area contributed by atoms with Gasteiger partial charge < -0.3 is 9.15 Å². The summed E-state index contributed by atoms with van der Waals surface area (Å²) in [6.45, 7) is 2.63. The van der Waals surface area contributed by atoms with Crippen LogP contribution in [0.4, 0.5) is 0 Å². The summed E-state index contributed by atoms with van der Waals surface area (Å²) >= 11 is 5.60. The molecule has 0 saturated heterocycles. The molecular weight excluding hydrogens is 192 g/mol. The number of Topliss-reactive ketones (excluding diaryl/α,β-unsaturated/α-hetero) is 1. The largest absolute Gasteiger partial charge is 0.452 e. The lowest BCUT2D eigenvalue weighted by Crippen LogP contribution is -2.08. The molecule has 4 heteroatoms. The van der Waals surface area contributed by atoms with E-state index in [-0.39, 0.29) is 17.6 Å². The predicted octanol–water partition coefficient (Wildman–Crippen LogP) is 2.54. The average molecular weight is 203 g/mol. The standard InChI is InChI=1S/C9H11ClO3/c1-2-4-12-6-8(11)7-3-5-13-9(7)10/h3,5H,2,4,6H2,1H3. The molecule has 0 fully saturated rings. The van der Waals surface area contributed by atoms with Gasteiger partial charge in [-0.05, 0) is 24.1 Å². The van der Waals surface area contributed by atoms with Crippen molar-refractivity contribution in [3.8, 4) is 0 Å². The fourth-order valence-electron chi connectivity index (χ4n) is 0.880. The van der Waals surface area contributed by atoms with E-state index in [9.17, 15) is 4.79 Å². The molecule has 3 nitrogen and oxygen atoms in total. The van der Waals surface area contributed by atoms with Gasteiger partial charge >= 0.3 is 0 Å². The molecule has 0 aliphatic carbocycles. The van der Waals surface area contributed by atoms with Crippen LogP contribution in [0.2, 0.25) is 5.22 Å². The first-order valence-electron chi connectivity index (χ1n) is 4.09. The quantitative estimate of drug-likeness (QED) is 0.544. The van der Waals surface area contributed by atoms with Crippen LogP contribution in [-0.4, -0.2) is 19.0 Å². The minimum Gasteiger partial charge on any atom is -0.452 e. The second-order valence-corrected chi connectivity index (χ2v) is 2.93. The van der Waals surface area contributed by atoms with Crippen molar-refractivity contribution in [3.05, 3.63) is 23.1 Å². The summed E-state index contributed by atoms with van der Waals surface area (Å²) in [6.07, 6.45) is 2.28. The molecule has 1 rings (SSSR count). The van der Waals surface area contributed by atoms with Gasteiger partial charge in [0.1, 0.15) is 6.61 Å². The van der Waals surface area contributed by atoms with Crippen molar-refractivity contribution >= 4 is 17.4 Å². The summed E-state index contributed by atoms with van der Waals surface area (Å²) in [7, 11) is 0. The molecule has 1 aromatic heterocycles. The van der Waals surface area contributed by atoms with E-state index in [1.807, 2.05) is 6.92 Å². The molecule has 0 N–H and O–H groups in total. The molecule has 0 unspecified atom stereocenters. The lowest BCUT2D eigenvalue weighted by molar-refractivity contribution is 0.0761. The lowest BCUT2D eigenvalue weighted by Gasteiger charge is -1.99. The van der Waals surface area contributed by atoms with Gasteiger partial charge in [0.05, 0.1) is 11.8 Å². The smallest absolute Gasteiger partial charge is 0.203 e. The van der Waals surface area contributed by atoms with Crippen LogP contribution >= 0.6 is 11.6 Å². The number of carbonyl (C=O) groups is 1. The molecule has 0 aromatic carbocycles. The van der Waals surface area contributed by atoms with E-state index >= 15 is 0 Å². The van der Waals surface area contributed by atoms with Crippen molar-refractivity contribution in [2.24, 2.45) is 0 Å². The molecule has 0 amide bonds. The van der Waals surface area contributed by atoms with E-state index < -0.39 is 0 Å². The Morgan fingerprint density at radius 3 is 3.00 bits per heavy atom. The van der Waals surface area contributed by atoms with Gasteiger partial charge in [-0.2, -0.15) is 0 Å². The average Bonchev–Trinajstić information content (AvgIpc) is 2.52. The first kappa shape index (κ1) is 10.3. The van der Waals surface area contributed by atoms with Crippen LogP contribution in [0.1, 0.15) is 23.7 Å². The van der Waals surface area contributed by atoms with Crippen molar-refractivity contribution in [1.82, 2.24) is 0 Å². The Morgan fingerprint density at radius 1 is 1.69 bits per heavy atom.